The van der Waals surface area contributed by atoms with Crippen molar-refractivity contribution in [2.24, 2.45) is 10.2 Å². The summed E-state index contributed by atoms with van der Waals surface area (Å²) in [7, 11) is 1.50. The molecule has 0 radical (unpaired) electrons. The van der Waals surface area contributed by atoms with E-state index in [0.29, 0.717) is 5.90 Å². The maximum atomic E-state index is 9.02. The van der Waals surface area contributed by atoms with Gasteiger partial charge >= 0.3 is 0 Å². The monoisotopic (exact) mass is 178 g/mol. The lowest BCUT2D eigenvalue weighted by atomic mass is 10.2. The fourth-order valence-electron chi connectivity index (χ4n) is 0.885. The van der Waals surface area contributed by atoms with E-state index in [1.54, 1.807) is 24.3 Å². The first-order valence-electron chi connectivity index (χ1n) is 3.65. The summed E-state index contributed by atoms with van der Waals surface area (Å²) in [6.07, 6.45) is 0. The Bertz CT molecular complexity index is 317. The number of aromatic hydroxyl groups is 1. The van der Waals surface area contributed by atoms with Gasteiger partial charge in [-0.15, -0.1) is 5.10 Å². The summed E-state index contributed by atoms with van der Waals surface area (Å²) in [4.78, 5) is 0. The third kappa shape index (κ3) is 2.30. The molecule has 4 heteroatoms. The Morgan fingerprint density at radius 2 is 2.00 bits per heavy atom. The van der Waals surface area contributed by atoms with Crippen LogP contribution in [0, 0.1) is 0 Å². The van der Waals surface area contributed by atoms with E-state index in [1.807, 2.05) is 0 Å². The second-order valence-electron chi connectivity index (χ2n) is 2.30. The standard InChI is InChI=1S/C9H10N2O2/c1-10-11-9(13-2)7-3-5-8(12)6-4-7/h3-6,12H,1H2,2H3/b11-9-. The number of ether oxygens (including phenoxy) is 1. The molecular formula is C9H10N2O2. The number of hydrogen-bond donors (Lipinski definition) is 1. The molecule has 0 spiro atoms. The van der Waals surface area contributed by atoms with Crippen LogP contribution >= 0.6 is 0 Å². The number of nitrogens with zero attached hydrogens (tertiary/aromatic N) is 2. The third-order valence-corrected chi connectivity index (χ3v) is 1.47. The van der Waals surface area contributed by atoms with Gasteiger partial charge in [0.05, 0.1) is 7.11 Å². The number of rotatable bonds is 2. The van der Waals surface area contributed by atoms with Crippen molar-refractivity contribution in [3.63, 3.8) is 0 Å². The SMILES string of the molecule is C=N/N=C(\OC)c1ccc(O)cc1. The van der Waals surface area contributed by atoms with Crippen LogP contribution in [0.5, 0.6) is 5.75 Å². The molecule has 0 saturated heterocycles. The number of benzene rings is 1. The average Bonchev–Trinajstić information content (AvgIpc) is 2.16. The van der Waals surface area contributed by atoms with Crippen molar-refractivity contribution in [2.45, 2.75) is 0 Å². The van der Waals surface area contributed by atoms with Crippen molar-refractivity contribution in [1.29, 1.82) is 0 Å². The second-order valence-corrected chi connectivity index (χ2v) is 2.30. The molecule has 1 N–H and O–H groups in total. The van der Waals surface area contributed by atoms with Gasteiger partial charge in [-0.25, -0.2) is 0 Å². The van der Waals surface area contributed by atoms with Gasteiger partial charge in [0.15, 0.2) is 0 Å². The summed E-state index contributed by atoms with van der Waals surface area (Å²) in [5, 5.41) is 16.0. The Morgan fingerprint density at radius 3 is 2.46 bits per heavy atom. The highest BCUT2D eigenvalue weighted by Crippen LogP contribution is 2.10. The van der Waals surface area contributed by atoms with Gasteiger partial charge in [0, 0.05) is 12.3 Å². The Labute approximate surface area is 76.2 Å². The molecule has 4 nitrogen and oxygen atoms in total. The molecule has 1 rings (SSSR count). The molecule has 0 aliphatic carbocycles. The first-order chi connectivity index (χ1) is 6.27. The number of phenols is 1. The first-order valence-corrected chi connectivity index (χ1v) is 3.65. The largest absolute Gasteiger partial charge is 0.508 e. The molecule has 0 saturated carbocycles. The Morgan fingerprint density at radius 1 is 1.38 bits per heavy atom. The molecule has 0 aromatic heterocycles. The van der Waals surface area contributed by atoms with E-state index in [2.05, 4.69) is 16.9 Å². The Balaban J connectivity index is 2.99. The van der Waals surface area contributed by atoms with E-state index >= 15 is 0 Å². The zero-order valence-electron chi connectivity index (χ0n) is 7.27. The lowest BCUT2D eigenvalue weighted by molar-refractivity contribution is 0.403. The summed E-state index contributed by atoms with van der Waals surface area (Å²) in [6.45, 7) is 3.22. The molecular weight excluding hydrogens is 168 g/mol. The van der Waals surface area contributed by atoms with Crippen molar-refractivity contribution in [3.8, 4) is 5.75 Å². The maximum Gasteiger partial charge on any atom is 0.240 e. The van der Waals surface area contributed by atoms with Gasteiger partial charge in [-0.1, -0.05) is 0 Å². The molecule has 1 aromatic carbocycles. The van der Waals surface area contributed by atoms with Crippen molar-refractivity contribution >= 4 is 12.6 Å². The molecule has 0 fully saturated rings. The molecule has 0 atom stereocenters. The minimum Gasteiger partial charge on any atom is -0.508 e. The van der Waals surface area contributed by atoms with E-state index in [4.69, 9.17) is 9.84 Å². The smallest absolute Gasteiger partial charge is 0.240 e. The topological polar surface area (TPSA) is 54.2 Å². The minimum absolute atomic E-state index is 0.200. The summed E-state index contributed by atoms with van der Waals surface area (Å²) in [6, 6.07) is 6.46. The van der Waals surface area contributed by atoms with Crippen molar-refractivity contribution in [1.82, 2.24) is 0 Å². The van der Waals surface area contributed by atoms with Crippen LogP contribution in [0.25, 0.3) is 0 Å². The molecule has 0 amide bonds. The van der Waals surface area contributed by atoms with Crippen molar-refractivity contribution < 1.29 is 9.84 Å². The Kier molecular flexibility index (Phi) is 3.03. The van der Waals surface area contributed by atoms with Crippen molar-refractivity contribution in [2.75, 3.05) is 7.11 Å². The van der Waals surface area contributed by atoms with Crippen molar-refractivity contribution in [3.05, 3.63) is 29.8 Å². The predicted octanol–water partition coefficient (Wildman–Crippen LogP) is 1.40. The Hall–Kier alpha value is -1.84. The lowest BCUT2D eigenvalue weighted by Gasteiger charge is -2.02. The van der Waals surface area contributed by atoms with E-state index in [1.165, 1.54) is 7.11 Å². The van der Waals surface area contributed by atoms with Gasteiger partial charge in [0.2, 0.25) is 5.90 Å². The molecule has 68 valence electrons. The maximum absolute atomic E-state index is 9.02. The summed E-state index contributed by atoms with van der Waals surface area (Å²) >= 11 is 0. The minimum atomic E-state index is 0.200. The first kappa shape index (κ1) is 9.25. The highest BCUT2D eigenvalue weighted by atomic mass is 16.5. The molecule has 0 bridgehead atoms. The highest BCUT2D eigenvalue weighted by molar-refractivity contribution is 5.94. The molecule has 0 aliphatic heterocycles. The average molecular weight is 178 g/mol. The van der Waals surface area contributed by atoms with Gasteiger partial charge in [0.1, 0.15) is 5.75 Å². The molecule has 0 unspecified atom stereocenters. The number of hydrogen-bond acceptors (Lipinski definition) is 4. The van der Waals surface area contributed by atoms with E-state index < -0.39 is 0 Å². The predicted molar refractivity (Wildman–Crippen MR) is 51.2 cm³/mol. The van der Waals surface area contributed by atoms with Gasteiger partial charge in [-0.2, -0.15) is 5.10 Å². The van der Waals surface area contributed by atoms with E-state index in [0.717, 1.165) is 5.56 Å². The third-order valence-electron chi connectivity index (χ3n) is 1.47. The van der Waals surface area contributed by atoms with Gasteiger partial charge in [-0.3, -0.25) is 0 Å². The van der Waals surface area contributed by atoms with Crippen LogP contribution in [0.1, 0.15) is 5.56 Å². The van der Waals surface area contributed by atoms with Crippen LogP contribution in [-0.2, 0) is 4.74 Å². The summed E-state index contributed by atoms with van der Waals surface area (Å²) in [5.74, 6) is 0.570. The van der Waals surface area contributed by atoms with Crippen LogP contribution in [0.3, 0.4) is 0 Å². The zero-order chi connectivity index (χ0) is 9.68. The van der Waals surface area contributed by atoms with Crippen LogP contribution in [0.15, 0.2) is 34.5 Å². The summed E-state index contributed by atoms with van der Waals surface area (Å²) < 4.78 is 4.95. The molecule has 1 aromatic rings. The van der Waals surface area contributed by atoms with E-state index in [-0.39, 0.29) is 5.75 Å². The summed E-state index contributed by atoms with van der Waals surface area (Å²) in [5.41, 5.74) is 0.743. The van der Waals surface area contributed by atoms with Crippen LogP contribution in [0.2, 0.25) is 0 Å². The highest BCUT2D eigenvalue weighted by Gasteiger charge is 2.01. The van der Waals surface area contributed by atoms with Crippen LogP contribution in [0.4, 0.5) is 0 Å². The molecule has 0 heterocycles. The second kappa shape index (κ2) is 4.25. The molecule has 0 aliphatic rings. The van der Waals surface area contributed by atoms with E-state index in [9.17, 15) is 0 Å². The van der Waals surface area contributed by atoms with Gasteiger partial charge in [0.25, 0.3) is 0 Å². The normalized spacial score (nSPS) is 11.0. The quantitative estimate of drug-likeness (QED) is 0.423. The number of methoxy groups -OCH3 is 1. The van der Waals surface area contributed by atoms with Gasteiger partial charge < -0.3 is 9.84 Å². The lowest BCUT2D eigenvalue weighted by Crippen LogP contribution is -2.02. The zero-order valence-corrected chi connectivity index (χ0v) is 7.27. The van der Waals surface area contributed by atoms with Gasteiger partial charge in [-0.05, 0) is 24.3 Å². The number of phenolic OH excluding ortho intramolecular Hbond substituents is 1. The fraction of sp³-hybridized carbons (Fsp3) is 0.111. The van der Waals surface area contributed by atoms with Crippen LogP contribution in [-0.4, -0.2) is 24.8 Å². The fourth-order valence-corrected chi connectivity index (χ4v) is 0.885. The molecule has 13 heavy (non-hydrogen) atoms. The van der Waals surface area contributed by atoms with Crippen LogP contribution < -0.4 is 0 Å².